The van der Waals surface area contributed by atoms with Crippen molar-refractivity contribution >= 4 is 56.8 Å². The summed E-state index contributed by atoms with van der Waals surface area (Å²) in [5.41, 5.74) is 2.82. The third kappa shape index (κ3) is 4.73. The number of rotatable bonds is 5. The van der Waals surface area contributed by atoms with Gasteiger partial charge in [-0.3, -0.25) is 14.4 Å². The van der Waals surface area contributed by atoms with Gasteiger partial charge in [0.2, 0.25) is 11.8 Å². The highest BCUT2D eigenvalue weighted by atomic mass is 79.9. The maximum Gasteiger partial charge on any atom is 0.256 e. The molecule has 0 unspecified atom stereocenters. The molecule has 0 saturated carbocycles. The highest BCUT2D eigenvalue weighted by Crippen LogP contribution is 2.36. The molecule has 0 spiro atoms. The Morgan fingerprint density at radius 3 is 2.39 bits per heavy atom. The largest absolute Gasteiger partial charge is 0.322 e. The van der Waals surface area contributed by atoms with Crippen LogP contribution in [-0.4, -0.2) is 23.0 Å². The summed E-state index contributed by atoms with van der Waals surface area (Å²) in [5, 5.41) is 2.31. The smallest absolute Gasteiger partial charge is 0.256 e. The summed E-state index contributed by atoms with van der Waals surface area (Å²) in [6.07, 6.45) is 0.0908. The summed E-state index contributed by atoms with van der Waals surface area (Å²) >= 11 is 4.61. The van der Waals surface area contributed by atoms with Gasteiger partial charge in [0, 0.05) is 21.5 Å². The van der Waals surface area contributed by atoms with Gasteiger partial charge >= 0.3 is 0 Å². The molecule has 7 heteroatoms. The number of carbonyl (C=O) groups is 3. The van der Waals surface area contributed by atoms with E-state index in [1.165, 1.54) is 16.7 Å². The minimum absolute atomic E-state index is 0.0908. The number of carbonyl (C=O) groups excluding carboxylic acids is 3. The zero-order chi connectivity index (χ0) is 22.0. The van der Waals surface area contributed by atoms with Gasteiger partial charge in [-0.25, -0.2) is 4.90 Å². The normalized spacial score (nSPS) is 15.9. The lowest BCUT2D eigenvalue weighted by Crippen LogP contribution is -2.31. The summed E-state index contributed by atoms with van der Waals surface area (Å²) in [5.74, 6) is -0.772. The molecule has 0 bridgehead atoms. The topological polar surface area (TPSA) is 66.5 Å². The second-order valence-electron chi connectivity index (χ2n) is 7.17. The molecule has 156 valence electrons. The van der Waals surface area contributed by atoms with Gasteiger partial charge < -0.3 is 5.32 Å². The average molecular weight is 495 g/mol. The fourth-order valence-electron chi connectivity index (χ4n) is 3.30. The second kappa shape index (κ2) is 9.08. The molecule has 3 aromatic carbocycles. The molecular weight excluding hydrogens is 476 g/mol. The third-order valence-electron chi connectivity index (χ3n) is 4.90. The van der Waals surface area contributed by atoms with Crippen LogP contribution in [0, 0.1) is 6.92 Å². The fraction of sp³-hybridized carbons (Fsp3) is 0.125. The molecule has 4 rings (SSSR count). The highest BCUT2D eigenvalue weighted by molar-refractivity contribution is 9.10. The Kier molecular flexibility index (Phi) is 6.25. The van der Waals surface area contributed by atoms with Crippen LogP contribution in [0.15, 0.2) is 82.2 Å². The lowest BCUT2D eigenvalue weighted by atomic mass is 10.2. The van der Waals surface area contributed by atoms with Crippen molar-refractivity contribution in [1.82, 2.24) is 0 Å². The Morgan fingerprint density at radius 1 is 1.00 bits per heavy atom. The Morgan fingerprint density at radius 2 is 1.68 bits per heavy atom. The van der Waals surface area contributed by atoms with E-state index in [2.05, 4.69) is 21.2 Å². The number of amides is 3. The first-order valence-corrected chi connectivity index (χ1v) is 11.4. The second-order valence-corrected chi connectivity index (χ2v) is 9.33. The minimum Gasteiger partial charge on any atom is -0.322 e. The number of nitrogens with zero attached hydrogens (tertiary/aromatic N) is 1. The summed E-state index contributed by atoms with van der Waals surface area (Å²) in [6, 6.07) is 21.7. The number of thioether (sulfide) groups is 1. The van der Waals surface area contributed by atoms with Crippen molar-refractivity contribution in [3.05, 3.63) is 88.4 Å². The van der Waals surface area contributed by atoms with E-state index in [0.717, 1.165) is 10.0 Å². The summed E-state index contributed by atoms with van der Waals surface area (Å²) in [7, 11) is 0. The predicted molar refractivity (Wildman–Crippen MR) is 126 cm³/mol. The van der Waals surface area contributed by atoms with Crippen LogP contribution in [0.4, 0.5) is 11.4 Å². The number of imide groups is 1. The zero-order valence-electron chi connectivity index (χ0n) is 16.7. The Balaban J connectivity index is 1.53. The van der Waals surface area contributed by atoms with Gasteiger partial charge in [-0.1, -0.05) is 45.8 Å². The van der Waals surface area contributed by atoms with Crippen molar-refractivity contribution in [2.24, 2.45) is 0 Å². The molecule has 1 atom stereocenters. The van der Waals surface area contributed by atoms with E-state index in [-0.39, 0.29) is 24.1 Å². The SMILES string of the molecule is Cc1ccc(NC(=O)c2ccccc2S[C@@H]2CC(=O)N(c3ccc(Br)cc3)C2=O)cc1. The van der Waals surface area contributed by atoms with Gasteiger partial charge in [0.25, 0.3) is 5.91 Å². The average Bonchev–Trinajstić information content (AvgIpc) is 3.04. The number of aryl methyl sites for hydroxylation is 1. The van der Waals surface area contributed by atoms with Gasteiger partial charge in [0.15, 0.2) is 0 Å². The van der Waals surface area contributed by atoms with Gasteiger partial charge in [-0.2, -0.15) is 0 Å². The summed E-state index contributed by atoms with van der Waals surface area (Å²) in [6.45, 7) is 1.98. The third-order valence-corrected chi connectivity index (χ3v) is 6.69. The van der Waals surface area contributed by atoms with Gasteiger partial charge in [0.1, 0.15) is 0 Å². The van der Waals surface area contributed by atoms with Gasteiger partial charge in [-0.15, -0.1) is 11.8 Å². The molecule has 31 heavy (non-hydrogen) atoms. The van der Waals surface area contributed by atoms with E-state index in [9.17, 15) is 14.4 Å². The standard InChI is InChI=1S/C24H19BrN2O3S/c1-15-6-10-17(11-7-15)26-23(29)19-4-2-3-5-20(19)31-21-14-22(28)27(24(21)30)18-12-8-16(25)9-13-18/h2-13,21H,14H2,1H3,(H,26,29)/t21-/m1/s1. The maximum atomic E-state index is 13.0. The van der Waals surface area contributed by atoms with Gasteiger partial charge in [0.05, 0.1) is 16.5 Å². The highest BCUT2D eigenvalue weighted by Gasteiger charge is 2.40. The molecule has 0 radical (unpaired) electrons. The molecule has 1 aliphatic rings. The number of hydrogen-bond acceptors (Lipinski definition) is 4. The van der Waals surface area contributed by atoms with Crippen molar-refractivity contribution in [2.45, 2.75) is 23.5 Å². The molecule has 1 N–H and O–H groups in total. The molecular formula is C24H19BrN2O3S. The van der Waals surface area contributed by atoms with Crippen LogP contribution in [0.2, 0.25) is 0 Å². The van der Waals surface area contributed by atoms with Crippen molar-refractivity contribution < 1.29 is 14.4 Å². The van der Waals surface area contributed by atoms with E-state index < -0.39 is 5.25 Å². The van der Waals surface area contributed by atoms with Crippen LogP contribution < -0.4 is 10.2 Å². The van der Waals surface area contributed by atoms with Crippen LogP contribution >= 0.6 is 27.7 Å². The first kappa shape index (κ1) is 21.3. The van der Waals surface area contributed by atoms with E-state index in [4.69, 9.17) is 0 Å². The molecule has 3 aromatic rings. The van der Waals surface area contributed by atoms with Gasteiger partial charge in [-0.05, 0) is 55.5 Å². The quantitative estimate of drug-likeness (QED) is 0.480. The Hall–Kier alpha value is -2.90. The van der Waals surface area contributed by atoms with E-state index in [0.29, 0.717) is 21.8 Å². The number of hydrogen-bond donors (Lipinski definition) is 1. The lowest BCUT2D eigenvalue weighted by Gasteiger charge is -2.16. The van der Waals surface area contributed by atoms with Crippen molar-refractivity contribution in [1.29, 1.82) is 0 Å². The van der Waals surface area contributed by atoms with E-state index in [1.807, 2.05) is 37.3 Å². The zero-order valence-corrected chi connectivity index (χ0v) is 19.1. The Labute approximate surface area is 193 Å². The number of benzene rings is 3. The lowest BCUT2D eigenvalue weighted by molar-refractivity contribution is -0.121. The van der Waals surface area contributed by atoms with E-state index in [1.54, 1.807) is 42.5 Å². The first-order valence-electron chi connectivity index (χ1n) is 9.68. The van der Waals surface area contributed by atoms with Crippen LogP contribution in [0.3, 0.4) is 0 Å². The minimum atomic E-state index is -0.579. The predicted octanol–water partition coefficient (Wildman–Crippen LogP) is 5.43. The van der Waals surface area contributed by atoms with Crippen LogP contribution in [0.1, 0.15) is 22.3 Å². The van der Waals surface area contributed by atoms with E-state index >= 15 is 0 Å². The van der Waals surface area contributed by atoms with Crippen LogP contribution in [0.25, 0.3) is 0 Å². The molecule has 1 saturated heterocycles. The van der Waals surface area contributed by atoms with Crippen LogP contribution in [0.5, 0.6) is 0 Å². The fourth-order valence-corrected chi connectivity index (χ4v) is 4.75. The molecule has 3 amide bonds. The monoisotopic (exact) mass is 494 g/mol. The van der Waals surface area contributed by atoms with Crippen LogP contribution in [-0.2, 0) is 9.59 Å². The molecule has 5 nitrogen and oxygen atoms in total. The van der Waals surface area contributed by atoms with Crippen molar-refractivity contribution in [3.63, 3.8) is 0 Å². The maximum absolute atomic E-state index is 13.0. The molecule has 1 fully saturated rings. The van der Waals surface area contributed by atoms with Crippen molar-refractivity contribution in [2.75, 3.05) is 10.2 Å². The van der Waals surface area contributed by atoms with Crippen molar-refractivity contribution in [3.8, 4) is 0 Å². The summed E-state index contributed by atoms with van der Waals surface area (Å²) in [4.78, 5) is 40.3. The molecule has 0 aliphatic carbocycles. The molecule has 0 aromatic heterocycles. The number of halogens is 1. The summed E-state index contributed by atoms with van der Waals surface area (Å²) < 4.78 is 0.870. The number of anilines is 2. The molecule has 1 heterocycles. The Bertz CT molecular complexity index is 1150. The first-order chi connectivity index (χ1) is 14.9. The number of nitrogens with one attached hydrogen (secondary N) is 1. The molecule has 1 aliphatic heterocycles.